The minimum absolute atomic E-state index is 0.195. The zero-order valence-corrected chi connectivity index (χ0v) is 13.9. The molecule has 122 valence electrons. The first-order valence-electron chi connectivity index (χ1n) is 7.64. The van der Waals surface area contributed by atoms with Crippen LogP contribution in [0.15, 0.2) is 48.7 Å². The lowest BCUT2D eigenvalue weighted by atomic mass is 10.1. The standard InChI is InChI=1S/C19H19N3O2/c1-12-8-13(2)10-15(9-12)21-19(23)17-11-20-22-18(17)14-4-6-16(24-3)7-5-14/h4-11H,1-3H3,(H,20,22)(H,21,23). The van der Waals surface area contributed by atoms with Crippen LogP contribution < -0.4 is 10.1 Å². The van der Waals surface area contributed by atoms with E-state index >= 15 is 0 Å². The van der Waals surface area contributed by atoms with Gasteiger partial charge in [-0.05, 0) is 61.4 Å². The van der Waals surface area contributed by atoms with Crippen LogP contribution in [-0.2, 0) is 0 Å². The molecular formula is C19H19N3O2. The lowest BCUT2D eigenvalue weighted by Gasteiger charge is -2.08. The molecule has 0 aliphatic rings. The fourth-order valence-corrected chi connectivity index (χ4v) is 2.68. The van der Waals surface area contributed by atoms with E-state index in [4.69, 9.17) is 4.74 Å². The van der Waals surface area contributed by atoms with Crippen molar-refractivity contribution in [1.82, 2.24) is 10.2 Å². The number of amides is 1. The van der Waals surface area contributed by atoms with Crippen molar-refractivity contribution < 1.29 is 9.53 Å². The van der Waals surface area contributed by atoms with Gasteiger partial charge >= 0.3 is 0 Å². The monoisotopic (exact) mass is 321 g/mol. The minimum atomic E-state index is -0.195. The summed E-state index contributed by atoms with van der Waals surface area (Å²) < 4.78 is 5.16. The number of ether oxygens (including phenoxy) is 1. The molecule has 2 aromatic carbocycles. The average Bonchev–Trinajstić information content (AvgIpc) is 3.03. The molecule has 1 amide bonds. The molecule has 5 nitrogen and oxygen atoms in total. The third kappa shape index (κ3) is 3.30. The molecule has 1 aromatic heterocycles. The molecule has 0 fully saturated rings. The van der Waals surface area contributed by atoms with Gasteiger partial charge in [0.25, 0.3) is 5.91 Å². The highest BCUT2D eigenvalue weighted by molar-refractivity contribution is 6.08. The highest BCUT2D eigenvalue weighted by Gasteiger charge is 2.15. The maximum atomic E-state index is 12.6. The Morgan fingerprint density at radius 1 is 1.08 bits per heavy atom. The van der Waals surface area contributed by atoms with E-state index in [1.807, 2.05) is 50.2 Å². The molecule has 2 N–H and O–H groups in total. The Bertz CT molecular complexity index is 846. The molecule has 24 heavy (non-hydrogen) atoms. The summed E-state index contributed by atoms with van der Waals surface area (Å²) in [5, 5.41) is 9.85. The van der Waals surface area contributed by atoms with E-state index in [1.165, 1.54) is 6.20 Å². The first-order chi connectivity index (χ1) is 11.6. The van der Waals surface area contributed by atoms with E-state index in [1.54, 1.807) is 7.11 Å². The van der Waals surface area contributed by atoms with Gasteiger partial charge in [-0.2, -0.15) is 5.10 Å². The number of hydrogen-bond donors (Lipinski definition) is 2. The molecule has 0 aliphatic carbocycles. The van der Waals surface area contributed by atoms with E-state index in [0.717, 1.165) is 28.1 Å². The van der Waals surface area contributed by atoms with E-state index in [2.05, 4.69) is 21.6 Å². The van der Waals surface area contributed by atoms with Crippen molar-refractivity contribution in [2.75, 3.05) is 12.4 Å². The number of nitrogens with zero attached hydrogens (tertiary/aromatic N) is 1. The average molecular weight is 321 g/mol. The van der Waals surface area contributed by atoms with Crippen LogP contribution in [0.2, 0.25) is 0 Å². The van der Waals surface area contributed by atoms with Gasteiger partial charge < -0.3 is 10.1 Å². The fourth-order valence-electron chi connectivity index (χ4n) is 2.68. The molecule has 5 heteroatoms. The number of benzene rings is 2. The summed E-state index contributed by atoms with van der Waals surface area (Å²) in [6, 6.07) is 13.4. The van der Waals surface area contributed by atoms with Gasteiger partial charge in [0, 0.05) is 11.3 Å². The second-order valence-electron chi connectivity index (χ2n) is 5.72. The van der Waals surface area contributed by atoms with Gasteiger partial charge in [0.1, 0.15) is 5.75 Å². The largest absolute Gasteiger partial charge is 0.497 e. The van der Waals surface area contributed by atoms with Crippen molar-refractivity contribution in [3.63, 3.8) is 0 Å². The normalized spacial score (nSPS) is 10.5. The number of aryl methyl sites for hydroxylation is 2. The number of anilines is 1. The summed E-state index contributed by atoms with van der Waals surface area (Å²) in [6.45, 7) is 4.01. The van der Waals surface area contributed by atoms with Gasteiger partial charge in [-0.25, -0.2) is 0 Å². The highest BCUT2D eigenvalue weighted by atomic mass is 16.5. The van der Waals surface area contributed by atoms with Gasteiger partial charge in [-0.15, -0.1) is 0 Å². The number of methoxy groups -OCH3 is 1. The summed E-state index contributed by atoms with van der Waals surface area (Å²) >= 11 is 0. The summed E-state index contributed by atoms with van der Waals surface area (Å²) in [4.78, 5) is 12.6. The molecule has 3 aromatic rings. The first kappa shape index (κ1) is 15.8. The minimum Gasteiger partial charge on any atom is -0.497 e. The number of H-pyrrole nitrogens is 1. The third-order valence-electron chi connectivity index (χ3n) is 3.74. The Kier molecular flexibility index (Phi) is 4.33. The van der Waals surface area contributed by atoms with Crippen LogP contribution in [0.4, 0.5) is 5.69 Å². The molecule has 0 spiro atoms. The smallest absolute Gasteiger partial charge is 0.259 e. The summed E-state index contributed by atoms with van der Waals surface area (Å²) in [5.41, 5.74) is 5.04. The highest BCUT2D eigenvalue weighted by Crippen LogP contribution is 2.24. The van der Waals surface area contributed by atoms with Crippen molar-refractivity contribution in [2.24, 2.45) is 0 Å². The Morgan fingerprint density at radius 3 is 2.38 bits per heavy atom. The van der Waals surface area contributed by atoms with E-state index in [0.29, 0.717) is 11.3 Å². The Hall–Kier alpha value is -3.08. The van der Waals surface area contributed by atoms with Gasteiger partial charge in [0.05, 0.1) is 24.6 Å². The van der Waals surface area contributed by atoms with Crippen molar-refractivity contribution >= 4 is 11.6 Å². The van der Waals surface area contributed by atoms with Crippen LogP contribution in [0.3, 0.4) is 0 Å². The molecule has 0 radical (unpaired) electrons. The maximum Gasteiger partial charge on any atom is 0.259 e. The Balaban J connectivity index is 1.87. The van der Waals surface area contributed by atoms with Gasteiger partial charge in [-0.1, -0.05) is 6.07 Å². The van der Waals surface area contributed by atoms with Crippen LogP contribution in [-0.4, -0.2) is 23.2 Å². The molecule has 0 unspecified atom stereocenters. The predicted molar refractivity (Wildman–Crippen MR) is 94.4 cm³/mol. The van der Waals surface area contributed by atoms with Crippen LogP contribution in [0.25, 0.3) is 11.3 Å². The van der Waals surface area contributed by atoms with Gasteiger partial charge in [0.2, 0.25) is 0 Å². The molecule has 0 aliphatic heterocycles. The van der Waals surface area contributed by atoms with Crippen molar-refractivity contribution in [3.8, 4) is 17.0 Å². The van der Waals surface area contributed by atoms with Crippen molar-refractivity contribution in [3.05, 3.63) is 65.4 Å². The summed E-state index contributed by atoms with van der Waals surface area (Å²) in [5.74, 6) is 0.569. The topological polar surface area (TPSA) is 67.0 Å². The zero-order chi connectivity index (χ0) is 17.1. The number of nitrogens with one attached hydrogen (secondary N) is 2. The van der Waals surface area contributed by atoms with Gasteiger partial charge in [-0.3, -0.25) is 9.89 Å². The SMILES string of the molecule is COc1ccc(-c2[nH]ncc2C(=O)Nc2cc(C)cc(C)c2)cc1. The Morgan fingerprint density at radius 2 is 1.75 bits per heavy atom. The number of hydrogen-bond acceptors (Lipinski definition) is 3. The number of aromatic amines is 1. The maximum absolute atomic E-state index is 12.6. The van der Waals surface area contributed by atoms with Crippen LogP contribution in [0.5, 0.6) is 5.75 Å². The quantitative estimate of drug-likeness (QED) is 0.764. The molecule has 0 saturated carbocycles. The predicted octanol–water partition coefficient (Wildman–Crippen LogP) is 3.95. The van der Waals surface area contributed by atoms with Crippen LogP contribution >= 0.6 is 0 Å². The second-order valence-corrected chi connectivity index (χ2v) is 5.72. The van der Waals surface area contributed by atoms with Crippen LogP contribution in [0.1, 0.15) is 21.5 Å². The summed E-state index contributed by atoms with van der Waals surface area (Å²) in [6.07, 6.45) is 1.54. The van der Waals surface area contributed by atoms with Crippen LogP contribution in [0, 0.1) is 13.8 Å². The lowest BCUT2D eigenvalue weighted by molar-refractivity contribution is 0.102. The second kappa shape index (κ2) is 6.58. The molecule has 3 rings (SSSR count). The number of rotatable bonds is 4. The number of aromatic nitrogens is 2. The molecule has 0 atom stereocenters. The Labute approximate surface area is 140 Å². The fraction of sp³-hybridized carbons (Fsp3) is 0.158. The van der Waals surface area contributed by atoms with E-state index in [-0.39, 0.29) is 5.91 Å². The van der Waals surface area contributed by atoms with E-state index < -0.39 is 0 Å². The van der Waals surface area contributed by atoms with E-state index in [9.17, 15) is 4.79 Å². The molecule has 0 bridgehead atoms. The van der Waals surface area contributed by atoms with Crippen molar-refractivity contribution in [2.45, 2.75) is 13.8 Å². The molecule has 1 heterocycles. The zero-order valence-electron chi connectivity index (χ0n) is 13.9. The van der Waals surface area contributed by atoms with Gasteiger partial charge in [0.15, 0.2) is 0 Å². The lowest BCUT2D eigenvalue weighted by Crippen LogP contribution is -2.12. The number of carbonyl (C=O) groups is 1. The first-order valence-corrected chi connectivity index (χ1v) is 7.64. The van der Waals surface area contributed by atoms with Crippen molar-refractivity contribution in [1.29, 1.82) is 0 Å². The summed E-state index contributed by atoms with van der Waals surface area (Å²) in [7, 11) is 1.62. The third-order valence-corrected chi connectivity index (χ3v) is 3.74. The molecular weight excluding hydrogens is 302 g/mol. The molecule has 0 saturated heterocycles. The number of carbonyl (C=O) groups excluding carboxylic acids is 1.